The minimum Gasteiger partial charge on any atom is -0.207 e. The Morgan fingerprint density at radius 2 is 1.90 bits per heavy atom. The first kappa shape index (κ1) is 14.8. The second-order valence-electron chi connectivity index (χ2n) is 5.58. The van der Waals surface area contributed by atoms with Crippen LogP contribution in [-0.4, -0.2) is 31.2 Å². The molecule has 0 aromatic heterocycles. The van der Waals surface area contributed by atoms with Gasteiger partial charge in [-0.2, -0.15) is 4.31 Å². The molecular formula is C16H18ClNO2S. The highest BCUT2D eigenvalue weighted by molar-refractivity contribution is 7.89. The Kier molecular flexibility index (Phi) is 3.95. The minimum atomic E-state index is -3.51. The highest BCUT2D eigenvalue weighted by Gasteiger charge is 2.39. The fourth-order valence-electron chi connectivity index (χ4n) is 3.05. The zero-order chi connectivity index (χ0) is 15.0. The summed E-state index contributed by atoms with van der Waals surface area (Å²) in [7, 11) is -3.51. The molecule has 1 saturated heterocycles. The maximum atomic E-state index is 13.0. The van der Waals surface area contributed by atoms with Gasteiger partial charge in [-0.3, -0.25) is 0 Å². The summed E-state index contributed by atoms with van der Waals surface area (Å²) in [6.45, 7) is 2.61. The van der Waals surface area contributed by atoms with Gasteiger partial charge in [0.05, 0.1) is 4.90 Å². The standard InChI is InChI=1S/C16H18ClNO2S/c1-12-9-10-18(15(12)11-17)21(19,20)16-8-4-6-13-5-2-3-7-14(13)16/h2-8,12,15H,9-11H2,1H3. The van der Waals surface area contributed by atoms with Crippen LogP contribution in [0.1, 0.15) is 13.3 Å². The van der Waals surface area contributed by atoms with Crippen molar-refractivity contribution in [2.75, 3.05) is 12.4 Å². The van der Waals surface area contributed by atoms with E-state index in [9.17, 15) is 8.42 Å². The third-order valence-electron chi connectivity index (χ3n) is 4.33. The molecule has 2 aromatic carbocycles. The lowest BCUT2D eigenvalue weighted by molar-refractivity contribution is 0.375. The molecule has 21 heavy (non-hydrogen) atoms. The number of sulfonamides is 1. The van der Waals surface area contributed by atoms with E-state index >= 15 is 0 Å². The zero-order valence-electron chi connectivity index (χ0n) is 11.9. The van der Waals surface area contributed by atoms with Crippen LogP contribution in [0.2, 0.25) is 0 Å². The molecular weight excluding hydrogens is 306 g/mol. The van der Waals surface area contributed by atoms with Crippen molar-refractivity contribution in [3.05, 3.63) is 42.5 Å². The molecule has 3 rings (SSSR count). The van der Waals surface area contributed by atoms with Gasteiger partial charge in [-0.25, -0.2) is 8.42 Å². The summed E-state index contributed by atoms with van der Waals surface area (Å²) < 4.78 is 27.6. The van der Waals surface area contributed by atoms with Gasteiger partial charge in [0.15, 0.2) is 0 Å². The van der Waals surface area contributed by atoms with Crippen LogP contribution >= 0.6 is 11.6 Å². The molecule has 0 radical (unpaired) electrons. The molecule has 2 unspecified atom stereocenters. The van der Waals surface area contributed by atoms with Crippen molar-refractivity contribution in [2.24, 2.45) is 5.92 Å². The Labute approximate surface area is 130 Å². The predicted octanol–water partition coefficient (Wildman–Crippen LogP) is 3.48. The molecule has 5 heteroatoms. The van der Waals surface area contributed by atoms with E-state index in [0.717, 1.165) is 17.2 Å². The highest BCUT2D eigenvalue weighted by atomic mass is 35.5. The molecule has 2 atom stereocenters. The van der Waals surface area contributed by atoms with Crippen molar-refractivity contribution in [3.63, 3.8) is 0 Å². The zero-order valence-corrected chi connectivity index (χ0v) is 13.4. The smallest absolute Gasteiger partial charge is 0.207 e. The second kappa shape index (κ2) is 5.59. The average Bonchev–Trinajstić information content (AvgIpc) is 2.88. The van der Waals surface area contributed by atoms with Crippen molar-refractivity contribution >= 4 is 32.4 Å². The fourth-order valence-corrected chi connectivity index (χ4v) is 5.55. The van der Waals surface area contributed by atoms with Gasteiger partial charge < -0.3 is 0 Å². The first-order valence-electron chi connectivity index (χ1n) is 7.11. The summed E-state index contributed by atoms with van der Waals surface area (Å²) in [4.78, 5) is 0.379. The van der Waals surface area contributed by atoms with Crippen LogP contribution in [-0.2, 0) is 10.0 Å². The van der Waals surface area contributed by atoms with E-state index in [1.807, 2.05) is 30.3 Å². The first-order valence-corrected chi connectivity index (χ1v) is 9.08. The van der Waals surface area contributed by atoms with Gasteiger partial charge in [-0.1, -0.05) is 43.3 Å². The van der Waals surface area contributed by atoms with Crippen molar-refractivity contribution in [1.29, 1.82) is 0 Å². The van der Waals surface area contributed by atoms with Crippen LogP contribution < -0.4 is 0 Å². The molecule has 0 N–H and O–H groups in total. The lowest BCUT2D eigenvalue weighted by atomic mass is 10.1. The summed E-state index contributed by atoms with van der Waals surface area (Å²) in [5, 5.41) is 1.71. The quantitative estimate of drug-likeness (QED) is 0.811. The molecule has 112 valence electrons. The van der Waals surface area contributed by atoms with Crippen LogP contribution in [0.3, 0.4) is 0 Å². The summed E-state index contributed by atoms with van der Waals surface area (Å²) in [6.07, 6.45) is 0.862. The van der Waals surface area contributed by atoms with Gasteiger partial charge >= 0.3 is 0 Å². The molecule has 0 spiro atoms. The number of hydrogen-bond acceptors (Lipinski definition) is 2. The summed E-state index contributed by atoms with van der Waals surface area (Å²) in [5.41, 5.74) is 0. The average molecular weight is 324 g/mol. The SMILES string of the molecule is CC1CCN(S(=O)(=O)c2cccc3ccccc23)C1CCl. The van der Waals surface area contributed by atoms with Gasteiger partial charge in [0.25, 0.3) is 0 Å². The van der Waals surface area contributed by atoms with Crippen LogP contribution in [0.5, 0.6) is 0 Å². The van der Waals surface area contributed by atoms with E-state index in [1.54, 1.807) is 16.4 Å². The Morgan fingerprint density at radius 3 is 2.67 bits per heavy atom. The maximum absolute atomic E-state index is 13.0. The van der Waals surface area contributed by atoms with E-state index in [-0.39, 0.29) is 6.04 Å². The van der Waals surface area contributed by atoms with Gasteiger partial charge in [-0.05, 0) is 23.8 Å². The van der Waals surface area contributed by atoms with E-state index in [1.165, 1.54) is 0 Å². The minimum absolute atomic E-state index is 0.115. The number of benzene rings is 2. The number of halogens is 1. The molecule has 2 aromatic rings. The van der Waals surface area contributed by atoms with Crippen LogP contribution in [0.4, 0.5) is 0 Å². The van der Waals surface area contributed by atoms with E-state index in [2.05, 4.69) is 6.92 Å². The summed E-state index contributed by atoms with van der Waals surface area (Å²) >= 11 is 6.00. The van der Waals surface area contributed by atoms with Crippen molar-refractivity contribution in [3.8, 4) is 0 Å². The van der Waals surface area contributed by atoms with E-state index in [4.69, 9.17) is 11.6 Å². The summed E-state index contributed by atoms with van der Waals surface area (Å²) in [5.74, 6) is 0.637. The third kappa shape index (κ3) is 2.45. The third-order valence-corrected chi connectivity index (χ3v) is 6.62. The van der Waals surface area contributed by atoms with Gasteiger partial charge in [0, 0.05) is 23.9 Å². The lowest BCUT2D eigenvalue weighted by Crippen LogP contribution is -2.38. The molecule has 1 fully saturated rings. The lowest BCUT2D eigenvalue weighted by Gasteiger charge is -2.25. The van der Waals surface area contributed by atoms with Gasteiger partial charge in [-0.15, -0.1) is 11.6 Å². The highest BCUT2D eigenvalue weighted by Crippen LogP contribution is 2.33. The topological polar surface area (TPSA) is 37.4 Å². The largest absolute Gasteiger partial charge is 0.243 e. The maximum Gasteiger partial charge on any atom is 0.243 e. The molecule has 0 bridgehead atoms. The van der Waals surface area contributed by atoms with Crippen LogP contribution in [0, 0.1) is 5.92 Å². The van der Waals surface area contributed by atoms with E-state index < -0.39 is 10.0 Å². The van der Waals surface area contributed by atoms with Gasteiger partial charge in [0.2, 0.25) is 10.0 Å². The number of alkyl halides is 1. The fraction of sp³-hybridized carbons (Fsp3) is 0.375. The van der Waals surface area contributed by atoms with Crippen LogP contribution in [0.25, 0.3) is 10.8 Å². The molecule has 0 saturated carbocycles. The molecule has 0 aliphatic carbocycles. The Hall–Kier alpha value is -1.10. The predicted molar refractivity (Wildman–Crippen MR) is 86.1 cm³/mol. The van der Waals surface area contributed by atoms with Crippen LogP contribution in [0.15, 0.2) is 47.4 Å². The Bertz CT molecular complexity index is 754. The first-order chi connectivity index (χ1) is 10.1. The molecule has 1 aliphatic heterocycles. The van der Waals surface area contributed by atoms with Gasteiger partial charge in [0.1, 0.15) is 0 Å². The van der Waals surface area contributed by atoms with Crippen molar-refractivity contribution in [1.82, 2.24) is 4.31 Å². The van der Waals surface area contributed by atoms with E-state index in [0.29, 0.717) is 23.2 Å². The second-order valence-corrected chi connectivity index (χ2v) is 7.75. The number of rotatable bonds is 3. The molecule has 0 amide bonds. The number of fused-ring (bicyclic) bond motifs is 1. The van der Waals surface area contributed by atoms with Crippen molar-refractivity contribution < 1.29 is 8.42 Å². The monoisotopic (exact) mass is 323 g/mol. The number of nitrogens with zero attached hydrogens (tertiary/aromatic N) is 1. The normalized spacial score (nSPS) is 23.7. The number of hydrogen-bond donors (Lipinski definition) is 0. The molecule has 1 aliphatic rings. The summed E-state index contributed by atoms with van der Waals surface area (Å²) in [6, 6.07) is 12.9. The Morgan fingerprint density at radius 1 is 1.19 bits per heavy atom. The molecule has 1 heterocycles. The van der Waals surface area contributed by atoms with Crippen molar-refractivity contribution in [2.45, 2.75) is 24.3 Å². The molecule has 3 nitrogen and oxygen atoms in total. The Balaban J connectivity index is 2.13.